The standard InChI is InChI=1S/C16H24N2/c17-15-10-14(13-6-2-1-3-7-13)11-18(12-15)16-8-4-5-9-16/h1-3,6-7,14-16H,4-5,8-12,17H2. The summed E-state index contributed by atoms with van der Waals surface area (Å²) in [5.74, 6) is 0.635. The quantitative estimate of drug-likeness (QED) is 0.866. The highest BCUT2D eigenvalue weighted by molar-refractivity contribution is 5.21. The maximum absolute atomic E-state index is 6.28. The zero-order valence-electron chi connectivity index (χ0n) is 11.1. The van der Waals surface area contributed by atoms with Crippen molar-refractivity contribution in [3.8, 4) is 0 Å². The summed E-state index contributed by atoms with van der Waals surface area (Å²) in [5.41, 5.74) is 7.75. The van der Waals surface area contributed by atoms with Crippen molar-refractivity contribution in [1.82, 2.24) is 4.90 Å². The predicted octanol–water partition coefficient (Wildman–Crippen LogP) is 2.75. The molecule has 2 nitrogen and oxygen atoms in total. The van der Waals surface area contributed by atoms with Gasteiger partial charge in [-0.25, -0.2) is 0 Å². The summed E-state index contributed by atoms with van der Waals surface area (Å²) in [6.45, 7) is 2.32. The van der Waals surface area contributed by atoms with Crippen LogP contribution in [0.15, 0.2) is 30.3 Å². The zero-order chi connectivity index (χ0) is 12.4. The van der Waals surface area contributed by atoms with Crippen molar-refractivity contribution in [2.75, 3.05) is 13.1 Å². The molecule has 2 N–H and O–H groups in total. The van der Waals surface area contributed by atoms with Gasteiger partial charge in [-0.05, 0) is 30.7 Å². The summed E-state index contributed by atoms with van der Waals surface area (Å²) in [6.07, 6.45) is 6.73. The van der Waals surface area contributed by atoms with E-state index in [9.17, 15) is 0 Å². The van der Waals surface area contributed by atoms with Crippen LogP contribution < -0.4 is 5.73 Å². The number of likely N-dealkylation sites (tertiary alicyclic amines) is 1. The molecule has 1 aliphatic carbocycles. The second-order valence-corrected chi connectivity index (χ2v) is 6.00. The smallest absolute Gasteiger partial charge is 0.0174 e. The molecule has 0 spiro atoms. The van der Waals surface area contributed by atoms with Gasteiger partial charge in [-0.3, -0.25) is 4.90 Å². The van der Waals surface area contributed by atoms with Gasteiger partial charge in [-0.2, -0.15) is 0 Å². The van der Waals surface area contributed by atoms with Crippen molar-refractivity contribution >= 4 is 0 Å². The average Bonchev–Trinajstić information content (AvgIpc) is 2.93. The highest BCUT2D eigenvalue weighted by Gasteiger charge is 2.31. The van der Waals surface area contributed by atoms with E-state index in [1.54, 1.807) is 0 Å². The summed E-state index contributed by atoms with van der Waals surface area (Å²) in [6, 6.07) is 12.1. The Morgan fingerprint density at radius 2 is 1.72 bits per heavy atom. The fourth-order valence-corrected chi connectivity index (χ4v) is 3.71. The molecule has 1 saturated heterocycles. The first-order chi connectivity index (χ1) is 8.83. The summed E-state index contributed by atoms with van der Waals surface area (Å²) in [4.78, 5) is 2.67. The van der Waals surface area contributed by atoms with Gasteiger partial charge in [0.15, 0.2) is 0 Å². The largest absolute Gasteiger partial charge is 0.327 e. The first kappa shape index (κ1) is 12.2. The third-order valence-electron chi connectivity index (χ3n) is 4.62. The van der Waals surface area contributed by atoms with Crippen LogP contribution in [0.5, 0.6) is 0 Å². The highest BCUT2D eigenvalue weighted by atomic mass is 15.2. The minimum atomic E-state index is 0.351. The fourth-order valence-electron chi connectivity index (χ4n) is 3.71. The van der Waals surface area contributed by atoms with Crippen molar-refractivity contribution in [1.29, 1.82) is 0 Å². The van der Waals surface area contributed by atoms with Gasteiger partial charge in [0.1, 0.15) is 0 Å². The van der Waals surface area contributed by atoms with E-state index in [0.717, 1.165) is 19.0 Å². The lowest BCUT2D eigenvalue weighted by Gasteiger charge is -2.40. The molecule has 2 atom stereocenters. The third kappa shape index (κ3) is 2.60. The Morgan fingerprint density at radius 1 is 1.00 bits per heavy atom. The molecule has 98 valence electrons. The van der Waals surface area contributed by atoms with Gasteiger partial charge in [0.05, 0.1) is 0 Å². The average molecular weight is 244 g/mol. The number of hydrogen-bond acceptors (Lipinski definition) is 2. The maximum Gasteiger partial charge on any atom is 0.0174 e. The molecule has 2 heteroatoms. The van der Waals surface area contributed by atoms with Gasteiger partial charge in [-0.15, -0.1) is 0 Å². The van der Waals surface area contributed by atoms with Crippen LogP contribution >= 0.6 is 0 Å². The van der Waals surface area contributed by atoms with E-state index in [-0.39, 0.29) is 0 Å². The van der Waals surface area contributed by atoms with Crippen LogP contribution in [0.25, 0.3) is 0 Å². The Bertz CT molecular complexity index is 370. The van der Waals surface area contributed by atoms with Gasteiger partial charge in [0.25, 0.3) is 0 Å². The minimum Gasteiger partial charge on any atom is -0.327 e. The van der Waals surface area contributed by atoms with E-state index in [4.69, 9.17) is 5.73 Å². The lowest BCUT2D eigenvalue weighted by Crippen LogP contribution is -2.49. The number of hydrogen-bond donors (Lipinski definition) is 1. The molecular formula is C16H24N2. The number of rotatable bonds is 2. The maximum atomic E-state index is 6.28. The van der Waals surface area contributed by atoms with Crippen LogP contribution in [0.4, 0.5) is 0 Å². The van der Waals surface area contributed by atoms with Crippen LogP contribution in [0, 0.1) is 0 Å². The molecule has 1 aliphatic heterocycles. The first-order valence-corrected chi connectivity index (χ1v) is 7.37. The van der Waals surface area contributed by atoms with E-state index < -0.39 is 0 Å². The monoisotopic (exact) mass is 244 g/mol. The van der Waals surface area contributed by atoms with Crippen LogP contribution in [0.2, 0.25) is 0 Å². The van der Waals surface area contributed by atoms with Crippen LogP contribution in [-0.4, -0.2) is 30.1 Å². The second kappa shape index (κ2) is 5.41. The summed E-state index contributed by atoms with van der Waals surface area (Å²) in [7, 11) is 0. The molecule has 0 amide bonds. The van der Waals surface area contributed by atoms with Crippen molar-refractivity contribution in [2.24, 2.45) is 5.73 Å². The van der Waals surface area contributed by atoms with Gasteiger partial charge >= 0.3 is 0 Å². The van der Waals surface area contributed by atoms with E-state index >= 15 is 0 Å². The summed E-state index contributed by atoms with van der Waals surface area (Å²) in [5, 5.41) is 0. The van der Waals surface area contributed by atoms with Crippen LogP contribution in [0.3, 0.4) is 0 Å². The molecule has 0 radical (unpaired) electrons. The van der Waals surface area contributed by atoms with Gasteiger partial charge < -0.3 is 5.73 Å². The van der Waals surface area contributed by atoms with Crippen molar-refractivity contribution in [3.05, 3.63) is 35.9 Å². The van der Waals surface area contributed by atoms with E-state index in [0.29, 0.717) is 12.0 Å². The number of nitrogens with zero attached hydrogens (tertiary/aromatic N) is 1. The third-order valence-corrected chi connectivity index (χ3v) is 4.62. The molecule has 0 bridgehead atoms. The fraction of sp³-hybridized carbons (Fsp3) is 0.625. The van der Waals surface area contributed by atoms with Crippen molar-refractivity contribution in [3.63, 3.8) is 0 Å². The molecule has 18 heavy (non-hydrogen) atoms. The van der Waals surface area contributed by atoms with Crippen molar-refractivity contribution < 1.29 is 0 Å². The molecule has 1 aromatic carbocycles. The van der Waals surface area contributed by atoms with Crippen LogP contribution in [-0.2, 0) is 0 Å². The number of nitrogens with two attached hydrogens (primary N) is 1. The Morgan fingerprint density at radius 3 is 2.44 bits per heavy atom. The normalized spacial score (nSPS) is 30.7. The van der Waals surface area contributed by atoms with E-state index in [2.05, 4.69) is 35.2 Å². The van der Waals surface area contributed by atoms with Crippen LogP contribution in [0.1, 0.15) is 43.6 Å². The molecule has 2 aliphatic rings. The van der Waals surface area contributed by atoms with Gasteiger partial charge in [0.2, 0.25) is 0 Å². The molecule has 1 saturated carbocycles. The highest BCUT2D eigenvalue weighted by Crippen LogP contribution is 2.31. The van der Waals surface area contributed by atoms with E-state index in [1.807, 2.05) is 0 Å². The first-order valence-electron chi connectivity index (χ1n) is 7.37. The lowest BCUT2D eigenvalue weighted by atomic mass is 9.87. The topological polar surface area (TPSA) is 29.3 Å². The molecule has 3 rings (SSSR count). The molecule has 2 fully saturated rings. The molecule has 1 aromatic rings. The minimum absolute atomic E-state index is 0.351. The predicted molar refractivity (Wildman–Crippen MR) is 75.6 cm³/mol. The van der Waals surface area contributed by atoms with Gasteiger partial charge in [0, 0.05) is 25.2 Å². The second-order valence-electron chi connectivity index (χ2n) is 6.00. The Balaban J connectivity index is 1.72. The molecule has 2 unspecified atom stereocenters. The molecule has 0 aromatic heterocycles. The molecule has 1 heterocycles. The summed E-state index contributed by atoms with van der Waals surface area (Å²) < 4.78 is 0. The number of piperidine rings is 1. The zero-order valence-corrected chi connectivity index (χ0v) is 11.1. The lowest BCUT2D eigenvalue weighted by molar-refractivity contribution is 0.136. The Hall–Kier alpha value is -0.860. The Labute approximate surface area is 110 Å². The SMILES string of the molecule is NC1CC(c2ccccc2)CN(C2CCCC2)C1. The summed E-state index contributed by atoms with van der Waals surface area (Å²) >= 11 is 0. The van der Waals surface area contributed by atoms with Crippen molar-refractivity contribution in [2.45, 2.75) is 50.1 Å². The van der Waals surface area contributed by atoms with Gasteiger partial charge in [-0.1, -0.05) is 43.2 Å². The number of benzene rings is 1. The Kier molecular flexibility index (Phi) is 3.67. The van der Waals surface area contributed by atoms with E-state index in [1.165, 1.54) is 37.8 Å². The molecular weight excluding hydrogens is 220 g/mol.